The fourth-order valence-corrected chi connectivity index (χ4v) is 2.71. The van der Waals surface area contributed by atoms with E-state index in [0.717, 1.165) is 12.3 Å². The normalized spacial score (nSPS) is 21.8. The van der Waals surface area contributed by atoms with Crippen molar-refractivity contribution in [1.82, 2.24) is 10.2 Å². The summed E-state index contributed by atoms with van der Waals surface area (Å²) in [5.74, 6) is 0.906. The van der Waals surface area contributed by atoms with Crippen LogP contribution in [0, 0.1) is 5.92 Å². The van der Waals surface area contributed by atoms with Crippen molar-refractivity contribution in [3.63, 3.8) is 0 Å². The van der Waals surface area contributed by atoms with Crippen LogP contribution in [0.2, 0.25) is 0 Å². The number of hydrogen-bond donors (Lipinski definition) is 0. The van der Waals surface area contributed by atoms with Gasteiger partial charge in [-0.25, -0.2) is 10.1 Å². The molecule has 2 fully saturated rings. The van der Waals surface area contributed by atoms with Crippen LogP contribution in [0.15, 0.2) is 0 Å². The van der Waals surface area contributed by atoms with Crippen LogP contribution in [0.1, 0.15) is 38.5 Å². The molecular weight excluding hydrogens is 216 g/mol. The number of nitrogens with zero attached hydrogens (tertiary/aromatic N) is 2. The van der Waals surface area contributed by atoms with E-state index in [1.54, 1.807) is 4.90 Å². The van der Waals surface area contributed by atoms with E-state index in [9.17, 15) is 4.79 Å². The van der Waals surface area contributed by atoms with Gasteiger partial charge < -0.3 is 9.64 Å². The van der Waals surface area contributed by atoms with Gasteiger partial charge in [0.1, 0.15) is 0 Å². The number of amides is 2. The first kappa shape index (κ1) is 12.7. The lowest BCUT2D eigenvalue weighted by Gasteiger charge is -2.26. The van der Waals surface area contributed by atoms with Crippen LogP contribution in [-0.4, -0.2) is 43.8 Å². The van der Waals surface area contributed by atoms with Gasteiger partial charge in [-0.15, -0.1) is 0 Å². The van der Waals surface area contributed by atoms with E-state index in [-0.39, 0.29) is 6.03 Å². The third-order valence-electron chi connectivity index (χ3n) is 3.77. The molecule has 1 saturated heterocycles. The van der Waals surface area contributed by atoms with Crippen LogP contribution in [-0.2, 0) is 4.74 Å². The maximum Gasteiger partial charge on any atom is 0.339 e. The van der Waals surface area contributed by atoms with Crippen molar-refractivity contribution in [2.45, 2.75) is 38.5 Å². The molecule has 0 spiro atoms. The summed E-state index contributed by atoms with van der Waals surface area (Å²) in [6.45, 7) is 3.41. The van der Waals surface area contributed by atoms with Gasteiger partial charge in [0.15, 0.2) is 0 Å². The highest BCUT2D eigenvalue weighted by molar-refractivity contribution is 5.73. The van der Waals surface area contributed by atoms with Gasteiger partial charge in [0, 0.05) is 19.6 Å². The summed E-state index contributed by atoms with van der Waals surface area (Å²) in [5, 5.41) is 4.14. The molecule has 1 heterocycles. The molecule has 4 heteroatoms. The maximum absolute atomic E-state index is 11.7. The number of rotatable bonds is 4. The van der Waals surface area contributed by atoms with E-state index in [1.165, 1.54) is 32.1 Å². The molecule has 0 bridgehead atoms. The van der Waals surface area contributed by atoms with Crippen LogP contribution in [0.5, 0.6) is 0 Å². The average molecular weight is 239 g/mol. The summed E-state index contributed by atoms with van der Waals surface area (Å²) >= 11 is 0. The van der Waals surface area contributed by atoms with Gasteiger partial charge in [0.05, 0.1) is 13.2 Å². The Kier molecular flexibility index (Phi) is 5.10. The lowest BCUT2D eigenvalue weighted by molar-refractivity contribution is 0.0530. The van der Waals surface area contributed by atoms with Crippen molar-refractivity contribution in [2.24, 2.45) is 5.92 Å². The fourth-order valence-electron chi connectivity index (χ4n) is 2.71. The topological polar surface area (TPSA) is 43.6 Å². The molecule has 1 saturated carbocycles. The lowest BCUT2D eigenvalue weighted by atomic mass is 10.0. The summed E-state index contributed by atoms with van der Waals surface area (Å²) in [7, 11) is 0. The van der Waals surface area contributed by atoms with Gasteiger partial charge in [-0.2, -0.15) is 0 Å². The first-order valence-electron chi connectivity index (χ1n) is 6.90. The zero-order valence-corrected chi connectivity index (χ0v) is 10.6. The predicted octanol–water partition coefficient (Wildman–Crippen LogP) is 2.01. The lowest BCUT2D eigenvalue weighted by Crippen LogP contribution is -2.43. The Morgan fingerprint density at radius 2 is 1.94 bits per heavy atom. The summed E-state index contributed by atoms with van der Waals surface area (Å²) < 4.78 is 5.21. The molecule has 0 unspecified atom stereocenters. The number of carbonyl (C=O) groups is 1. The Bertz CT molecular complexity index is 234. The molecule has 1 radical (unpaired) electrons. The van der Waals surface area contributed by atoms with E-state index < -0.39 is 0 Å². The smallest absolute Gasteiger partial charge is 0.339 e. The molecule has 1 aliphatic heterocycles. The Morgan fingerprint density at radius 3 is 2.65 bits per heavy atom. The van der Waals surface area contributed by atoms with Gasteiger partial charge in [-0.1, -0.05) is 25.7 Å². The first-order chi connectivity index (χ1) is 8.36. The highest BCUT2D eigenvalue weighted by atomic mass is 16.5. The zero-order valence-electron chi connectivity index (χ0n) is 10.6. The average Bonchev–Trinajstić information content (AvgIpc) is 2.88. The molecule has 0 atom stereocenters. The fraction of sp³-hybridized carbons (Fsp3) is 0.923. The summed E-state index contributed by atoms with van der Waals surface area (Å²) in [5.41, 5.74) is 0. The highest BCUT2D eigenvalue weighted by Crippen LogP contribution is 2.28. The number of urea groups is 1. The van der Waals surface area contributed by atoms with Crippen LogP contribution >= 0.6 is 0 Å². The number of morpholine rings is 1. The van der Waals surface area contributed by atoms with Gasteiger partial charge in [0.2, 0.25) is 0 Å². The molecule has 97 valence electrons. The Labute approximate surface area is 104 Å². The molecule has 0 aromatic rings. The Balaban J connectivity index is 1.53. The van der Waals surface area contributed by atoms with Crippen LogP contribution in [0.4, 0.5) is 4.79 Å². The standard InChI is InChI=1S/C13H23N2O2/c16-13(15-8-10-17-11-9-15)14-7-3-6-12-4-1-2-5-12/h12H,1-11H2. The molecule has 2 aliphatic rings. The highest BCUT2D eigenvalue weighted by Gasteiger charge is 2.18. The third kappa shape index (κ3) is 4.19. The maximum atomic E-state index is 11.7. The minimum absolute atomic E-state index is 0.0419. The van der Waals surface area contributed by atoms with Gasteiger partial charge in [0.25, 0.3) is 0 Å². The molecule has 0 aromatic heterocycles. The van der Waals surface area contributed by atoms with Crippen molar-refractivity contribution in [3.8, 4) is 0 Å². The van der Waals surface area contributed by atoms with Crippen molar-refractivity contribution >= 4 is 6.03 Å². The molecule has 2 amide bonds. The number of ether oxygens (including phenoxy) is 1. The van der Waals surface area contributed by atoms with Crippen LogP contribution in [0.3, 0.4) is 0 Å². The largest absolute Gasteiger partial charge is 0.378 e. The van der Waals surface area contributed by atoms with Crippen molar-refractivity contribution in [1.29, 1.82) is 0 Å². The van der Waals surface area contributed by atoms with Crippen molar-refractivity contribution in [3.05, 3.63) is 0 Å². The van der Waals surface area contributed by atoms with E-state index in [2.05, 4.69) is 5.32 Å². The Morgan fingerprint density at radius 1 is 1.24 bits per heavy atom. The Hall–Kier alpha value is -0.770. The molecule has 17 heavy (non-hydrogen) atoms. The molecule has 0 N–H and O–H groups in total. The summed E-state index contributed by atoms with van der Waals surface area (Å²) in [4.78, 5) is 13.5. The minimum atomic E-state index is -0.0419. The number of carbonyl (C=O) groups excluding carboxylic acids is 1. The second-order valence-corrected chi connectivity index (χ2v) is 5.06. The molecule has 0 aromatic carbocycles. The third-order valence-corrected chi connectivity index (χ3v) is 3.77. The molecule has 2 rings (SSSR count). The molecule has 4 nitrogen and oxygen atoms in total. The quantitative estimate of drug-likeness (QED) is 0.704. The van der Waals surface area contributed by atoms with Gasteiger partial charge in [-0.3, -0.25) is 0 Å². The zero-order chi connectivity index (χ0) is 11.9. The SMILES string of the molecule is O=C([N]CCCC1CCCC1)N1CCOCC1. The monoisotopic (exact) mass is 239 g/mol. The van der Waals surface area contributed by atoms with E-state index >= 15 is 0 Å². The van der Waals surface area contributed by atoms with E-state index in [1.807, 2.05) is 0 Å². The minimum Gasteiger partial charge on any atom is -0.378 e. The van der Waals surface area contributed by atoms with Crippen molar-refractivity contribution < 1.29 is 9.53 Å². The van der Waals surface area contributed by atoms with E-state index in [4.69, 9.17) is 4.74 Å². The first-order valence-corrected chi connectivity index (χ1v) is 6.90. The molecule has 1 aliphatic carbocycles. The summed E-state index contributed by atoms with van der Waals surface area (Å²) in [6, 6.07) is -0.0419. The second-order valence-electron chi connectivity index (χ2n) is 5.06. The van der Waals surface area contributed by atoms with Gasteiger partial charge in [-0.05, 0) is 18.8 Å². The van der Waals surface area contributed by atoms with Gasteiger partial charge >= 0.3 is 6.03 Å². The van der Waals surface area contributed by atoms with Crippen LogP contribution < -0.4 is 5.32 Å². The molecular formula is C13H23N2O2. The van der Waals surface area contributed by atoms with Crippen LogP contribution in [0.25, 0.3) is 0 Å². The summed E-state index contributed by atoms with van der Waals surface area (Å²) in [6.07, 6.45) is 7.89. The van der Waals surface area contributed by atoms with Crippen molar-refractivity contribution in [2.75, 3.05) is 32.8 Å². The predicted molar refractivity (Wildman–Crippen MR) is 66.0 cm³/mol. The number of hydrogen-bond acceptors (Lipinski definition) is 2. The van der Waals surface area contributed by atoms with E-state index in [0.29, 0.717) is 32.8 Å². The second kappa shape index (κ2) is 6.84.